The third-order valence-electron chi connectivity index (χ3n) is 3.49. The fourth-order valence-electron chi connectivity index (χ4n) is 2.18. The largest absolute Gasteiger partial charge is 0.366 e. The summed E-state index contributed by atoms with van der Waals surface area (Å²) in [5.41, 5.74) is 3.92. The van der Waals surface area contributed by atoms with Crippen LogP contribution in [0.15, 0.2) is 35.5 Å². The van der Waals surface area contributed by atoms with Gasteiger partial charge in [0, 0.05) is 10.6 Å². The molecule has 1 aliphatic rings. The Kier molecular flexibility index (Phi) is 4.25. The van der Waals surface area contributed by atoms with Crippen LogP contribution < -0.4 is 5.32 Å². The van der Waals surface area contributed by atoms with Gasteiger partial charge in [-0.2, -0.15) is 0 Å². The SMILES string of the molecule is C=CN/C(=C(/C)C(C)C)C1OCCc2ccsc21. The zero-order valence-corrected chi connectivity index (χ0v) is 12.1. The molecular formula is C15H21NOS. The predicted octanol–water partition coefficient (Wildman–Crippen LogP) is 4.03. The van der Waals surface area contributed by atoms with Crippen molar-refractivity contribution in [3.05, 3.63) is 45.9 Å². The second kappa shape index (κ2) is 5.72. The van der Waals surface area contributed by atoms with Gasteiger partial charge in [0.1, 0.15) is 6.10 Å². The lowest BCUT2D eigenvalue weighted by atomic mass is 9.97. The summed E-state index contributed by atoms with van der Waals surface area (Å²) >= 11 is 1.78. The van der Waals surface area contributed by atoms with Crippen LogP contribution in [-0.2, 0) is 11.2 Å². The van der Waals surface area contributed by atoms with Crippen molar-refractivity contribution in [1.29, 1.82) is 0 Å². The first-order valence-corrected chi connectivity index (χ1v) is 7.29. The molecule has 1 atom stereocenters. The van der Waals surface area contributed by atoms with Crippen LogP contribution in [0.4, 0.5) is 0 Å². The average molecular weight is 263 g/mol. The minimum Gasteiger partial charge on any atom is -0.366 e. The molecule has 1 N–H and O–H groups in total. The molecule has 1 unspecified atom stereocenters. The van der Waals surface area contributed by atoms with Crippen LogP contribution in [0.25, 0.3) is 0 Å². The Balaban J connectivity index is 2.40. The van der Waals surface area contributed by atoms with E-state index in [9.17, 15) is 0 Å². The molecule has 0 aliphatic carbocycles. The highest BCUT2D eigenvalue weighted by Crippen LogP contribution is 2.37. The Hall–Kier alpha value is -1.06. The van der Waals surface area contributed by atoms with Gasteiger partial charge >= 0.3 is 0 Å². The van der Waals surface area contributed by atoms with Crippen molar-refractivity contribution in [2.24, 2.45) is 5.92 Å². The molecule has 0 aromatic carbocycles. The molecule has 0 spiro atoms. The van der Waals surface area contributed by atoms with Crippen LogP contribution in [-0.4, -0.2) is 6.61 Å². The molecule has 18 heavy (non-hydrogen) atoms. The molecule has 2 nitrogen and oxygen atoms in total. The predicted molar refractivity (Wildman–Crippen MR) is 77.6 cm³/mol. The van der Waals surface area contributed by atoms with Crippen molar-refractivity contribution in [3.8, 4) is 0 Å². The number of rotatable bonds is 4. The maximum atomic E-state index is 5.99. The first-order valence-electron chi connectivity index (χ1n) is 6.41. The van der Waals surface area contributed by atoms with E-state index in [1.807, 2.05) is 0 Å². The van der Waals surface area contributed by atoms with E-state index in [0.29, 0.717) is 5.92 Å². The van der Waals surface area contributed by atoms with Gasteiger partial charge in [0.25, 0.3) is 0 Å². The van der Waals surface area contributed by atoms with Crippen molar-refractivity contribution in [2.45, 2.75) is 33.3 Å². The van der Waals surface area contributed by atoms with E-state index >= 15 is 0 Å². The van der Waals surface area contributed by atoms with Crippen LogP contribution in [0.3, 0.4) is 0 Å². The van der Waals surface area contributed by atoms with E-state index in [1.54, 1.807) is 17.5 Å². The average Bonchev–Trinajstić information content (AvgIpc) is 2.83. The lowest BCUT2D eigenvalue weighted by Gasteiger charge is -2.28. The van der Waals surface area contributed by atoms with Crippen LogP contribution in [0, 0.1) is 5.92 Å². The Morgan fingerprint density at radius 3 is 3.06 bits per heavy atom. The number of allylic oxidation sites excluding steroid dienone is 1. The maximum Gasteiger partial charge on any atom is 0.132 e. The summed E-state index contributed by atoms with van der Waals surface area (Å²) in [6.45, 7) is 11.2. The molecule has 1 aliphatic heterocycles. The Bertz CT molecular complexity index is 459. The number of ether oxygens (including phenoxy) is 1. The molecule has 0 radical (unpaired) electrons. The zero-order valence-electron chi connectivity index (χ0n) is 11.3. The number of hydrogen-bond acceptors (Lipinski definition) is 3. The Labute approximate surface area is 113 Å². The minimum atomic E-state index is 0.0501. The monoisotopic (exact) mass is 263 g/mol. The van der Waals surface area contributed by atoms with Gasteiger partial charge in [-0.25, -0.2) is 0 Å². The molecule has 0 amide bonds. The standard InChI is InChI=1S/C15H21NOS/c1-5-16-13(11(4)10(2)3)14-15-12(6-8-17-14)7-9-18-15/h5,7,9-10,14,16H,1,6,8H2,2-4H3/b13-11-. The summed E-state index contributed by atoms with van der Waals surface area (Å²) in [7, 11) is 0. The fraction of sp³-hybridized carbons (Fsp3) is 0.467. The lowest BCUT2D eigenvalue weighted by Crippen LogP contribution is -2.23. The summed E-state index contributed by atoms with van der Waals surface area (Å²) in [6, 6.07) is 2.21. The van der Waals surface area contributed by atoms with Gasteiger partial charge in [-0.1, -0.05) is 20.4 Å². The highest BCUT2D eigenvalue weighted by Gasteiger charge is 2.27. The lowest BCUT2D eigenvalue weighted by molar-refractivity contribution is 0.0656. The van der Waals surface area contributed by atoms with Gasteiger partial charge in [0.2, 0.25) is 0 Å². The highest BCUT2D eigenvalue weighted by molar-refractivity contribution is 7.10. The third kappa shape index (κ3) is 2.52. The first-order chi connectivity index (χ1) is 8.65. The van der Waals surface area contributed by atoms with Gasteiger partial charge in [0.05, 0.1) is 6.61 Å². The molecule has 0 saturated heterocycles. The number of fused-ring (bicyclic) bond motifs is 1. The summed E-state index contributed by atoms with van der Waals surface area (Å²) in [5, 5.41) is 5.44. The van der Waals surface area contributed by atoms with E-state index in [0.717, 1.165) is 18.7 Å². The van der Waals surface area contributed by atoms with Crippen molar-refractivity contribution in [1.82, 2.24) is 5.32 Å². The molecule has 1 aromatic heterocycles. The molecule has 2 heterocycles. The summed E-state index contributed by atoms with van der Waals surface area (Å²) in [6.07, 6.45) is 2.82. The van der Waals surface area contributed by atoms with Crippen LogP contribution in [0.5, 0.6) is 0 Å². The van der Waals surface area contributed by atoms with Crippen molar-refractivity contribution in [3.63, 3.8) is 0 Å². The van der Waals surface area contributed by atoms with Gasteiger partial charge in [0.15, 0.2) is 0 Å². The smallest absolute Gasteiger partial charge is 0.132 e. The fourth-order valence-corrected chi connectivity index (χ4v) is 3.19. The molecule has 0 bridgehead atoms. The normalized spacial score (nSPS) is 20.3. The molecule has 98 valence electrons. The van der Waals surface area contributed by atoms with Crippen molar-refractivity contribution < 1.29 is 4.74 Å². The van der Waals surface area contributed by atoms with E-state index < -0.39 is 0 Å². The summed E-state index contributed by atoms with van der Waals surface area (Å²) < 4.78 is 5.99. The van der Waals surface area contributed by atoms with Gasteiger partial charge < -0.3 is 10.1 Å². The number of nitrogens with one attached hydrogen (secondary N) is 1. The minimum absolute atomic E-state index is 0.0501. The first kappa shape index (κ1) is 13.4. The topological polar surface area (TPSA) is 21.3 Å². The van der Waals surface area contributed by atoms with E-state index in [2.05, 4.69) is 44.1 Å². The van der Waals surface area contributed by atoms with Crippen molar-refractivity contribution >= 4 is 11.3 Å². The second-order valence-corrected chi connectivity index (χ2v) is 5.86. The molecule has 3 heteroatoms. The van der Waals surface area contributed by atoms with Crippen LogP contribution >= 0.6 is 11.3 Å². The molecular weight excluding hydrogens is 242 g/mol. The maximum absolute atomic E-state index is 5.99. The van der Waals surface area contributed by atoms with E-state index in [1.165, 1.54) is 16.0 Å². The number of thiophene rings is 1. The van der Waals surface area contributed by atoms with Gasteiger partial charge in [-0.05, 0) is 48.0 Å². The third-order valence-corrected chi connectivity index (χ3v) is 4.49. The molecule has 1 aromatic rings. The summed E-state index contributed by atoms with van der Waals surface area (Å²) in [4.78, 5) is 1.34. The zero-order chi connectivity index (χ0) is 13.1. The van der Waals surface area contributed by atoms with E-state index in [-0.39, 0.29) is 6.10 Å². The number of hydrogen-bond donors (Lipinski definition) is 1. The van der Waals surface area contributed by atoms with Gasteiger partial charge in [-0.3, -0.25) is 0 Å². The van der Waals surface area contributed by atoms with Crippen LogP contribution in [0.1, 0.15) is 37.3 Å². The molecule has 2 rings (SSSR count). The Morgan fingerprint density at radius 2 is 2.39 bits per heavy atom. The van der Waals surface area contributed by atoms with E-state index in [4.69, 9.17) is 4.74 Å². The van der Waals surface area contributed by atoms with Crippen LogP contribution in [0.2, 0.25) is 0 Å². The molecule has 0 fully saturated rings. The Morgan fingerprint density at radius 1 is 1.61 bits per heavy atom. The van der Waals surface area contributed by atoms with Gasteiger partial charge in [-0.15, -0.1) is 11.3 Å². The summed E-state index contributed by atoms with van der Waals surface area (Å²) in [5.74, 6) is 0.501. The quantitative estimate of drug-likeness (QED) is 0.885. The molecule has 0 saturated carbocycles. The second-order valence-electron chi connectivity index (χ2n) is 4.91. The van der Waals surface area contributed by atoms with Crippen molar-refractivity contribution in [2.75, 3.05) is 6.61 Å². The highest BCUT2D eigenvalue weighted by atomic mass is 32.1.